The standard InChI is InChI=1S/C48H102N6O/c1-3-5-7-9-11-13-15-17-19-21-23-25-27-29-31-35-45-54(46-36-32-30-28-26-24-22-20-18-16-14-12-10-8-6-4-2)47(50)48(55)53-44-38-43-52-41-34-33-40-51-42-37-39-49/h47,51-52H,3-46,49-50H2,1-2H3,(H,53,55). The molecule has 0 aliphatic heterocycles. The van der Waals surface area contributed by atoms with E-state index in [1.165, 1.54) is 205 Å². The molecule has 7 heteroatoms. The van der Waals surface area contributed by atoms with Crippen LogP contribution in [0, 0.1) is 0 Å². The Labute approximate surface area is 345 Å². The maximum absolute atomic E-state index is 13.1. The first kappa shape index (κ1) is 54.3. The van der Waals surface area contributed by atoms with Crippen LogP contribution in [0.4, 0.5) is 0 Å². The molecule has 0 rings (SSSR count). The molecule has 0 aliphatic carbocycles. The Morgan fingerprint density at radius 1 is 0.400 bits per heavy atom. The Bertz CT molecular complexity index is 689. The van der Waals surface area contributed by atoms with Crippen molar-refractivity contribution in [3.05, 3.63) is 0 Å². The number of carbonyl (C=O) groups is 1. The van der Waals surface area contributed by atoms with E-state index in [0.29, 0.717) is 6.54 Å². The van der Waals surface area contributed by atoms with Crippen molar-refractivity contribution in [2.75, 3.05) is 52.4 Å². The largest absolute Gasteiger partial charge is 0.354 e. The van der Waals surface area contributed by atoms with E-state index >= 15 is 0 Å². The van der Waals surface area contributed by atoms with Crippen LogP contribution in [0.15, 0.2) is 0 Å². The Morgan fingerprint density at radius 2 is 0.691 bits per heavy atom. The predicted molar refractivity (Wildman–Crippen MR) is 245 cm³/mol. The summed E-state index contributed by atoms with van der Waals surface area (Å²) in [6.07, 6.45) is 47.9. The summed E-state index contributed by atoms with van der Waals surface area (Å²) in [6, 6.07) is 0. The molecule has 0 aromatic carbocycles. The van der Waals surface area contributed by atoms with Gasteiger partial charge in [-0.1, -0.05) is 206 Å². The second-order valence-electron chi connectivity index (χ2n) is 17.1. The average molecular weight is 779 g/mol. The minimum Gasteiger partial charge on any atom is -0.354 e. The molecule has 1 atom stereocenters. The van der Waals surface area contributed by atoms with Gasteiger partial charge in [-0.2, -0.15) is 0 Å². The molecule has 0 fully saturated rings. The normalized spacial score (nSPS) is 12.2. The number of carbonyl (C=O) groups excluding carboxylic acids is 1. The van der Waals surface area contributed by atoms with Gasteiger partial charge in [0.2, 0.25) is 0 Å². The number of nitrogens with two attached hydrogens (primary N) is 2. The zero-order valence-corrected chi connectivity index (χ0v) is 37.7. The number of hydrogen-bond donors (Lipinski definition) is 5. The van der Waals surface area contributed by atoms with Crippen LogP contribution in [0.1, 0.15) is 245 Å². The van der Waals surface area contributed by atoms with Crippen molar-refractivity contribution in [1.29, 1.82) is 0 Å². The first-order valence-electron chi connectivity index (χ1n) is 25.1. The van der Waals surface area contributed by atoms with Gasteiger partial charge in [0.05, 0.1) is 0 Å². The van der Waals surface area contributed by atoms with E-state index in [-0.39, 0.29) is 5.91 Å². The molecule has 55 heavy (non-hydrogen) atoms. The molecule has 0 saturated carbocycles. The predicted octanol–water partition coefficient (Wildman–Crippen LogP) is 11.9. The molecule has 330 valence electrons. The van der Waals surface area contributed by atoms with E-state index in [0.717, 1.165) is 71.5 Å². The molecule has 0 radical (unpaired) electrons. The fourth-order valence-corrected chi connectivity index (χ4v) is 7.79. The Balaban J connectivity index is 4.19. The van der Waals surface area contributed by atoms with Crippen LogP contribution in [-0.4, -0.2) is 69.3 Å². The number of amides is 1. The SMILES string of the molecule is CCCCCCCCCCCCCCCCCCN(CCCCCCCCCCCCCCCCCC)C(N)C(=O)NCCCNCCCCNCCCN. The number of unbranched alkanes of at least 4 members (excludes halogenated alkanes) is 31. The fourth-order valence-electron chi connectivity index (χ4n) is 7.79. The summed E-state index contributed by atoms with van der Waals surface area (Å²) in [6.45, 7) is 11.9. The summed E-state index contributed by atoms with van der Waals surface area (Å²) >= 11 is 0. The van der Waals surface area contributed by atoms with Gasteiger partial charge in [0.15, 0.2) is 0 Å². The van der Waals surface area contributed by atoms with E-state index in [2.05, 4.69) is 34.7 Å². The first-order chi connectivity index (χ1) is 27.2. The summed E-state index contributed by atoms with van der Waals surface area (Å²) in [7, 11) is 0. The van der Waals surface area contributed by atoms with Crippen LogP contribution >= 0.6 is 0 Å². The quantitative estimate of drug-likeness (QED) is 0.0311. The number of nitrogens with one attached hydrogen (secondary N) is 3. The fraction of sp³-hybridized carbons (Fsp3) is 0.979. The van der Waals surface area contributed by atoms with Gasteiger partial charge in [0.25, 0.3) is 5.91 Å². The molecule has 0 spiro atoms. The summed E-state index contributed by atoms with van der Waals surface area (Å²) in [5.41, 5.74) is 12.2. The highest BCUT2D eigenvalue weighted by Gasteiger charge is 2.21. The third-order valence-electron chi connectivity index (χ3n) is 11.6. The van der Waals surface area contributed by atoms with Crippen molar-refractivity contribution in [1.82, 2.24) is 20.9 Å². The van der Waals surface area contributed by atoms with Crippen molar-refractivity contribution in [2.24, 2.45) is 11.5 Å². The minimum absolute atomic E-state index is 0.00320. The van der Waals surface area contributed by atoms with Gasteiger partial charge in [-0.05, 0) is 71.2 Å². The smallest absolute Gasteiger partial charge is 0.251 e. The zero-order chi connectivity index (χ0) is 40.0. The highest BCUT2D eigenvalue weighted by atomic mass is 16.2. The summed E-state index contributed by atoms with van der Waals surface area (Å²) in [5.74, 6) is -0.00320. The van der Waals surface area contributed by atoms with E-state index in [1.807, 2.05) is 0 Å². The highest BCUT2D eigenvalue weighted by Crippen LogP contribution is 2.16. The van der Waals surface area contributed by atoms with Crippen molar-refractivity contribution >= 4 is 5.91 Å². The van der Waals surface area contributed by atoms with Gasteiger partial charge >= 0.3 is 0 Å². The second-order valence-corrected chi connectivity index (χ2v) is 17.1. The Kier molecular flexibility index (Phi) is 47.0. The van der Waals surface area contributed by atoms with Gasteiger partial charge in [-0.25, -0.2) is 0 Å². The van der Waals surface area contributed by atoms with Crippen molar-refractivity contribution in [3.8, 4) is 0 Å². The number of hydrogen-bond acceptors (Lipinski definition) is 6. The summed E-state index contributed by atoms with van der Waals surface area (Å²) in [4.78, 5) is 15.4. The monoisotopic (exact) mass is 779 g/mol. The third kappa shape index (κ3) is 42.7. The number of nitrogens with zero attached hydrogens (tertiary/aromatic N) is 1. The Hall–Kier alpha value is -0.730. The lowest BCUT2D eigenvalue weighted by atomic mass is 10.0. The molecule has 0 bridgehead atoms. The molecule has 7 nitrogen and oxygen atoms in total. The van der Waals surface area contributed by atoms with Crippen LogP contribution < -0.4 is 27.4 Å². The van der Waals surface area contributed by atoms with E-state index in [1.54, 1.807) is 0 Å². The first-order valence-corrected chi connectivity index (χ1v) is 25.1. The van der Waals surface area contributed by atoms with Gasteiger partial charge in [0.1, 0.15) is 6.17 Å². The van der Waals surface area contributed by atoms with E-state index in [4.69, 9.17) is 11.5 Å². The van der Waals surface area contributed by atoms with E-state index < -0.39 is 6.17 Å². The lowest BCUT2D eigenvalue weighted by molar-refractivity contribution is -0.126. The van der Waals surface area contributed by atoms with Crippen molar-refractivity contribution < 1.29 is 4.79 Å². The molecule has 0 aromatic rings. The minimum atomic E-state index is -0.535. The second kappa shape index (κ2) is 47.6. The molecule has 0 heterocycles. The van der Waals surface area contributed by atoms with Crippen LogP contribution in [0.5, 0.6) is 0 Å². The number of rotatable bonds is 48. The van der Waals surface area contributed by atoms with Gasteiger partial charge < -0.3 is 27.4 Å². The third-order valence-corrected chi connectivity index (χ3v) is 11.6. The molecule has 1 unspecified atom stereocenters. The molecular formula is C48H102N6O. The van der Waals surface area contributed by atoms with Crippen molar-refractivity contribution in [2.45, 2.75) is 251 Å². The van der Waals surface area contributed by atoms with Crippen LogP contribution in [0.25, 0.3) is 0 Å². The topological polar surface area (TPSA) is 108 Å². The average Bonchev–Trinajstić information content (AvgIpc) is 3.19. The van der Waals surface area contributed by atoms with Gasteiger partial charge in [0, 0.05) is 19.6 Å². The van der Waals surface area contributed by atoms with Crippen molar-refractivity contribution in [3.63, 3.8) is 0 Å². The Morgan fingerprint density at radius 3 is 1.02 bits per heavy atom. The van der Waals surface area contributed by atoms with Crippen LogP contribution in [-0.2, 0) is 4.79 Å². The maximum atomic E-state index is 13.1. The molecule has 0 aliphatic rings. The molecular weight excluding hydrogens is 677 g/mol. The van der Waals surface area contributed by atoms with Crippen LogP contribution in [0.2, 0.25) is 0 Å². The lowest BCUT2D eigenvalue weighted by Gasteiger charge is -2.28. The molecule has 7 N–H and O–H groups in total. The highest BCUT2D eigenvalue weighted by molar-refractivity contribution is 5.81. The van der Waals surface area contributed by atoms with Crippen LogP contribution in [0.3, 0.4) is 0 Å². The summed E-state index contributed by atoms with van der Waals surface area (Å²) < 4.78 is 0. The van der Waals surface area contributed by atoms with Gasteiger partial charge in [-0.15, -0.1) is 0 Å². The summed E-state index contributed by atoms with van der Waals surface area (Å²) in [5, 5.41) is 10.1. The molecule has 1 amide bonds. The zero-order valence-electron chi connectivity index (χ0n) is 37.7. The maximum Gasteiger partial charge on any atom is 0.251 e. The van der Waals surface area contributed by atoms with E-state index in [9.17, 15) is 4.79 Å². The molecule has 0 aromatic heterocycles. The van der Waals surface area contributed by atoms with Gasteiger partial charge in [-0.3, -0.25) is 9.69 Å². The lowest BCUT2D eigenvalue weighted by Crippen LogP contribution is -2.53. The molecule has 0 saturated heterocycles.